The van der Waals surface area contributed by atoms with Crippen molar-refractivity contribution in [3.8, 4) is 17.2 Å². The van der Waals surface area contributed by atoms with Gasteiger partial charge in [-0.25, -0.2) is 0 Å². The predicted octanol–water partition coefficient (Wildman–Crippen LogP) is 2.37. The first kappa shape index (κ1) is 17.4. The number of carbonyl (C=O) groups is 1. The van der Waals surface area contributed by atoms with Gasteiger partial charge in [0, 0.05) is 5.56 Å². The van der Waals surface area contributed by atoms with E-state index in [0.717, 1.165) is 6.42 Å². The molecule has 0 amide bonds. The highest BCUT2D eigenvalue weighted by Crippen LogP contribution is 2.35. The molecule has 3 N–H and O–H groups in total. The Morgan fingerprint density at radius 3 is 2.65 bits per heavy atom. The number of ether oxygens (including phenoxy) is 1. The van der Waals surface area contributed by atoms with Crippen molar-refractivity contribution in [3.05, 3.63) is 58.9 Å². The van der Waals surface area contributed by atoms with Crippen LogP contribution in [0.3, 0.4) is 0 Å². The number of carbonyl (C=O) groups excluding carboxylic acids is 1. The summed E-state index contributed by atoms with van der Waals surface area (Å²) < 4.78 is 5.67. The number of benzene rings is 2. The van der Waals surface area contributed by atoms with Gasteiger partial charge in [-0.2, -0.15) is 5.21 Å². The second-order valence-electron chi connectivity index (χ2n) is 5.65. The molecule has 0 bridgehead atoms. The molecule has 0 saturated heterocycles. The fourth-order valence-corrected chi connectivity index (χ4v) is 2.62. The monoisotopic (exact) mass is 354 g/mol. The summed E-state index contributed by atoms with van der Waals surface area (Å²) in [5, 5.41) is 34.0. The fourth-order valence-electron chi connectivity index (χ4n) is 2.62. The van der Waals surface area contributed by atoms with E-state index in [1.165, 1.54) is 18.2 Å². The molecule has 0 spiro atoms. The summed E-state index contributed by atoms with van der Waals surface area (Å²) in [6, 6.07) is 9.33. The van der Waals surface area contributed by atoms with E-state index in [9.17, 15) is 15.0 Å². The van der Waals surface area contributed by atoms with Crippen molar-refractivity contribution < 1.29 is 19.7 Å². The van der Waals surface area contributed by atoms with E-state index in [1.54, 1.807) is 18.2 Å². The predicted molar refractivity (Wildman–Crippen MR) is 92.2 cm³/mol. The van der Waals surface area contributed by atoms with E-state index in [2.05, 4.69) is 20.6 Å². The number of hydrogen-bond acceptors (Lipinski definition) is 7. The summed E-state index contributed by atoms with van der Waals surface area (Å²) in [5.41, 5.74) is 0.768. The molecule has 0 radical (unpaired) electrons. The van der Waals surface area contributed by atoms with Crippen LogP contribution in [0.4, 0.5) is 0 Å². The number of ketones is 1. The molecular formula is C18H18N4O4. The highest BCUT2D eigenvalue weighted by Gasteiger charge is 2.21. The van der Waals surface area contributed by atoms with Gasteiger partial charge in [0.15, 0.2) is 12.4 Å². The minimum Gasteiger partial charge on any atom is -0.507 e. The molecule has 0 fully saturated rings. The molecule has 0 saturated carbocycles. The number of hydrogen-bond donors (Lipinski definition) is 3. The van der Waals surface area contributed by atoms with Crippen molar-refractivity contribution in [1.82, 2.24) is 20.6 Å². The normalized spacial score (nSPS) is 10.7. The zero-order valence-electron chi connectivity index (χ0n) is 14.1. The molecule has 0 aliphatic carbocycles. The summed E-state index contributed by atoms with van der Waals surface area (Å²) in [6.45, 7) is 2.04. The van der Waals surface area contributed by atoms with Gasteiger partial charge >= 0.3 is 0 Å². The lowest BCUT2D eigenvalue weighted by molar-refractivity contribution is 0.103. The summed E-state index contributed by atoms with van der Waals surface area (Å²) in [6.07, 6.45) is 1.27. The molecule has 8 nitrogen and oxygen atoms in total. The number of aromatic nitrogens is 4. The van der Waals surface area contributed by atoms with Gasteiger partial charge < -0.3 is 14.9 Å². The number of nitrogens with one attached hydrogen (secondary N) is 1. The number of nitrogens with zero attached hydrogens (tertiary/aromatic N) is 3. The summed E-state index contributed by atoms with van der Waals surface area (Å²) >= 11 is 0. The lowest BCUT2D eigenvalue weighted by atomic mass is 9.97. The Balaban J connectivity index is 1.94. The van der Waals surface area contributed by atoms with Crippen molar-refractivity contribution in [2.45, 2.75) is 26.4 Å². The smallest absolute Gasteiger partial charge is 0.211 e. The quantitative estimate of drug-likeness (QED) is 0.557. The van der Waals surface area contributed by atoms with Crippen molar-refractivity contribution in [2.24, 2.45) is 0 Å². The van der Waals surface area contributed by atoms with E-state index in [-0.39, 0.29) is 29.2 Å². The van der Waals surface area contributed by atoms with Gasteiger partial charge in [0.05, 0.1) is 11.1 Å². The number of aromatic amines is 1. The van der Waals surface area contributed by atoms with Crippen LogP contribution in [0.1, 0.15) is 40.7 Å². The topological polar surface area (TPSA) is 121 Å². The lowest BCUT2D eigenvalue weighted by Crippen LogP contribution is -2.06. The van der Waals surface area contributed by atoms with Crippen LogP contribution >= 0.6 is 0 Å². The molecule has 3 aromatic rings. The number of para-hydroxylation sites is 1. The maximum atomic E-state index is 12.7. The average Bonchev–Trinajstić information content (AvgIpc) is 3.16. The maximum Gasteiger partial charge on any atom is 0.211 e. The minimum absolute atomic E-state index is 0.0828. The Morgan fingerprint density at radius 2 is 1.96 bits per heavy atom. The van der Waals surface area contributed by atoms with Crippen LogP contribution in [0.5, 0.6) is 17.2 Å². The Morgan fingerprint density at radius 1 is 1.15 bits per heavy atom. The molecule has 1 aromatic heterocycles. The fraction of sp³-hybridized carbons (Fsp3) is 0.222. The van der Waals surface area contributed by atoms with E-state index < -0.39 is 5.78 Å². The summed E-state index contributed by atoms with van der Waals surface area (Å²) in [5.74, 6) is 0.0871. The Kier molecular flexibility index (Phi) is 5.12. The van der Waals surface area contributed by atoms with E-state index >= 15 is 0 Å². The zero-order chi connectivity index (χ0) is 18.5. The van der Waals surface area contributed by atoms with Gasteiger partial charge in [0.2, 0.25) is 5.82 Å². The SMILES string of the molecule is CCCc1c(OCc2nn[nH]n2)ccc(C(=O)c2ccccc2O)c1O. The second-order valence-corrected chi connectivity index (χ2v) is 5.65. The highest BCUT2D eigenvalue weighted by molar-refractivity contribution is 6.12. The number of aromatic hydroxyl groups is 2. The molecule has 2 aromatic carbocycles. The average molecular weight is 354 g/mol. The van der Waals surface area contributed by atoms with Gasteiger partial charge in [0.1, 0.15) is 17.2 Å². The van der Waals surface area contributed by atoms with Crippen LogP contribution < -0.4 is 4.74 Å². The molecule has 1 heterocycles. The molecule has 26 heavy (non-hydrogen) atoms. The Bertz CT molecular complexity index is 910. The maximum absolute atomic E-state index is 12.7. The first-order chi connectivity index (χ1) is 12.6. The highest BCUT2D eigenvalue weighted by atomic mass is 16.5. The van der Waals surface area contributed by atoms with Gasteiger partial charge in [-0.1, -0.05) is 30.7 Å². The molecule has 0 aliphatic heterocycles. The van der Waals surface area contributed by atoms with Crippen LogP contribution in [0.15, 0.2) is 36.4 Å². The van der Waals surface area contributed by atoms with E-state index in [1.807, 2.05) is 6.92 Å². The third-order valence-corrected chi connectivity index (χ3v) is 3.88. The van der Waals surface area contributed by atoms with Crippen LogP contribution in [-0.2, 0) is 13.0 Å². The minimum atomic E-state index is -0.456. The molecule has 134 valence electrons. The third-order valence-electron chi connectivity index (χ3n) is 3.88. The van der Waals surface area contributed by atoms with Crippen molar-refractivity contribution >= 4 is 5.78 Å². The third kappa shape index (κ3) is 3.49. The van der Waals surface area contributed by atoms with E-state index in [0.29, 0.717) is 23.6 Å². The standard InChI is InChI=1S/C18H18N4O4/c1-2-5-12-15(26-10-16-19-21-22-20-16)9-8-13(18(12)25)17(24)11-6-3-4-7-14(11)23/h3-4,6-9,23,25H,2,5,10H2,1H3,(H,19,20,21,22). The first-order valence-electron chi connectivity index (χ1n) is 8.14. The number of H-pyrrole nitrogens is 1. The van der Waals surface area contributed by atoms with E-state index in [4.69, 9.17) is 4.74 Å². The van der Waals surface area contributed by atoms with Gasteiger partial charge in [-0.15, -0.1) is 10.2 Å². The van der Waals surface area contributed by atoms with Gasteiger partial charge in [0.25, 0.3) is 0 Å². The molecular weight excluding hydrogens is 336 g/mol. The molecule has 0 atom stereocenters. The van der Waals surface area contributed by atoms with Crippen LogP contribution in [0.2, 0.25) is 0 Å². The van der Waals surface area contributed by atoms with Crippen molar-refractivity contribution in [3.63, 3.8) is 0 Å². The van der Waals surface area contributed by atoms with Crippen LogP contribution in [0, 0.1) is 0 Å². The molecule has 8 heteroatoms. The van der Waals surface area contributed by atoms with Crippen molar-refractivity contribution in [1.29, 1.82) is 0 Å². The lowest BCUT2D eigenvalue weighted by Gasteiger charge is -2.14. The molecule has 0 aliphatic rings. The summed E-state index contributed by atoms with van der Waals surface area (Å²) in [4.78, 5) is 12.7. The molecule has 3 rings (SSSR count). The largest absolute Gasteiger partial charge is 0.507 e. The van der Waals surface area contributed by atoms with Gasteiger partial charge in [-0.05, 0) is 30.7 Å². The first-order valence-corrected chi connectivity index (χ1v) is 8.14. The van der Waals surface area contributed by atoms with Crippen LogP contribution in [0.25, 0.3) is 0 Å². The number of tetrazole rings is 1. The second kappa shape index (κ2) is 7.64. The van der Waals surface area contributed by atoms with Gasteiger partial charge in [-0.3, -0.25) is 4.79 Å². The Labute approximate surface area is 149 Å². The zero-order valence-corrected chi connectivity index (χ0v) is 14.1. The van der Waals surface area contributed by atoms with Crippen LogP contribution in [-0.4, -0.2) is 36.6 Å². The number of phenols is 2. The number of phenolic OH excluding ortho intramolecular Hbond substituents is 2. The molecule has 0 unspecified atom stereocenters. The Hall–Kier alpha value is -3.42. The summed E-state index contributed by atoms with van der Waals surface area (Å²) in [7, 11) is 0. The number of rotatable bonds is 7. The van der Waals surface area contributed by atoms with Crippen molar-refractivity contribution in [2.75, 3.05) is 0 Å².